The summed E-state index contributed by atoms with van der Waals surface area (Å²) >= 11 is 1.29. The highest BCUT2D eigenvalue weighted by Gasteiger charge is 2.28. The minimum atomic E-state index is -0.937. The topological polar surface area (TPSA) is 92.1 Å². The first kappa shape index (κ1) is 22.3. The first-order chi connectivity index (χ1) is 15.0. The first-order valence-electron chi connectivity index (χ1n) is 9.75. The number of hydrogen-bond donors (Lipinski definition) is 2. The molecule has 6 nitrogen and oxygen atoms in total. The number of aromatic nitrogens is 1. The zero-order valence-corrected chi connectivity index (χ0v) is 17.7. The van der Waals surface area contributed by atoms with E-state index in [-0.39, 0.29) is 24.6 Å². The largest absolute Gasteiger partial charge is 0.456 e. The lowest BCUT2D eigenvalue weighted by Crippen LogP contribution is -2.34. The Kier molecular flexibility index (Phi) is 7.61. The predicted molar refractivity (Wildman–Crippen MR) is 118 cm³/mol. The fraction of sp³-hybridized carbons (Fsp3) is 0.217. The van der Waals surface area contributed by atoms with Crippen LogP contribution in [-0.4, -0.2) is 22.6 Å². The Morgan fingerprint density at radius 3 is 2.52 bits per heavy atom. The minimum Gasteiger partial charge on any atom is -0.456 e. The van der Waals surface area contributed by atoms with Crippen molar-refractivity contribution in [1.29, 1.82) is 5.41 Å². The molecule has 0 aliphatic carbocycles. The number of amides is 1. The minimum absolute atomic E-state index is 0.0410. The molecule has 2 aromatic carbocycles. The number of carbonyl (C=O) groups excluding carboxylic acids is 2. The van der Waals surface area contributed by atoms with Crippen LogP contribution in [0.2, 0.25) is 0 Å². The van der Waals surface area contributed by atoms with Gasteiger partial charge in [0.2, 0.25) is 5.91 Å². The van der Waals surface area contributed by atoms with Crippen molar-refractivity contribution >= 4 is 34.1 Å². The molecule has 31 heavy (non-hydrogen) atoms. The Balaban J connectivity index is 1.56. The average Bonchev–Trinajstić information content (AvgIpc) is 3.21. The fourth-order valence-corrected chi connectivity index (χ4v) is 3.76. The number of halogens is 1. The number of carbonyl (C=O) groups is 2. The van der Waals surface area contributed by atoms with Crippen molar-refractivity contribution in [2.45, 2.75) is 26.4 Å². The van der Waals surface area contributed by atoms with Crippen LogP contribution in [0.1, 0.15) is 29.3 Å². The van der Waals surface area contributed by atoms with Crippen LogP contribution in [0.3, 0.4) is 0 Å². The highest BCUT2D eigenvalue weighted by molar-refractivity contribution is 7.15. The lowest BCUT2D eigenvalue weighted by molar-refractivity contribution is -0.137. The third-order valence-corrected chi connectivity index (χ3v) is 5.49. The summed E-state index contributed by atoms with van der Waals surface area (Å²) in [5, 5.41) is 11.2. The van der Waals surface area contributed by atoms with E-state index in [1.165, 1.54) is 23.5 Å². The van der Waals surface area contributed by atoms with Gasteiger partial charge in [0.25, 0.3) is 0 Å². The maximum atomic E-state index is 13.0. The van der Waals surface area contributed by atoms with Crippen LogP contribution >= 0.6 is 11.3 Å². The van der Waals surface area contributed by atoms with Gasteiger partial charge in [-0.25, -0.2) is 14.2 Å². The SMILES string of the molecule is CCC(C(=N)C(=O)OCc1ccccc1)C(=O)Nc1ncc(Cc2ccc(F)cc2)s1. The Morgan fingerprint density at radius 1 is 1.13 bits per heavy atom. The molecule has 0 aliphatic heterocycles. The Labute approximate surface area is 183 Å². The predicted octanol–water partition coefficient (Wildman–Crippen LogP) is 4.60. The Morgan fingerprint density at radius 2 is 1.84 bits per heavy atom. The van der Waals surface area contributed by atoms with Crippen molar-refractivity contribution in [2.24, 2.45) is 5.92 Å². The molecule has 0 radical (unpaired) electrons. The quantitative estimate of drug-likeness (QED) is 0.376. The van der Waals surface area contributed by atoms with Gasteiger partial charge in [-0.15, -0.1) is 11.3 Å². The summed E-state index contributed by atoms with van der Waals surface area (Å²) in [5.74, 6) is -2.53. The molecule has 2 N–H and O–H groups in total. The maximum absolute atomic E-state index is 13.0. The number of nitrogens with zero attached hydrogens (tertiary/aromatic N) is 1. The van der Waals surface area contributed by atoms with Crippen molar-refractivity contribution < 1.29 is 18.7 Å². The van der Waals surface area contributed by atoms with Crippen LogP contribution in [-0.2, 0) is 27.4 Å². The number of nitrogens with one attached hydrogen (secondary N) is 2. The van der Waals surface area contributed by atoms with E-state index >= 15 is 0 Å². The molecule has 0 bridgehead atoms. The monoisotopic (exact) mass is 439 g/mol. The standard InChI is InChI=1S/C23H22FN3O3S/c1-2-19(20(25)22(29)30-14-16-6-4-3-5-7-16)21(28)27-23-26-13-18(31-23)12-15-8-10-17(24)11-9-15/h3-11,13,19,25H,2,12,14H2,1H3,(H,26,27,28). The average molecular weight is 440 g/mol. The molecular weight excluding hydrogens is 417 g/mol. The van der Waals surface area contributed by atoms with Gasteiger partial charge in [-0.1, -0.05) is 49.4 Å². The van der Waals surface area contributed by atoms with Gasteiger partial charge < -0.3 is 10.1 Å². The van der Waals surface area contributed by atoms with E-state index in [0.29, 0.717) is 11.6 Å². The van der Waals surface area contributed by atoms with Gasteiger partial charge in [0, 0.05) is 17.5 Å². The number of thiazole rings is 1. The molecule has 1 unspecified atom stereocenters. The Bertz CT molecular complexity index is 1050. The summed E-state index contributed by atoms with van der Waals surface area (Å²) < 4.78 is 18.2. The van der Waals surface area contributed by atoms with Crippen molar-refractivity contribution in [3.05, 3.63) is 82.6 Å². The van der Waals surface area contributed by atoms with Gasteiger partial charge in [-0.2, -0.15) is 0 Å². The first-order valence-corrected chi connectivity index (χ1v) is 10.6. The summed E-state index contributed by atoms with van der Waals surface area (Å²) in [7, 11) is 0. The number of esters is 1. The summed E-state index contributed by atoms with van der Waals surface area (Å²) in [6.07, 6.45) is 2.48. The number of hydrogen-bond acceptors (Lipinski definition) is 6. The molecule has 1 heterocycles. The van der Waals surface area contributed by atoms with Crippen molar-refractivity contribution in [1.82, 2.24) is 4.98 Å². The summed E-state index contributed by atoms with van der Waals surface area (Å²) in [5.41, 5.74) is 1.34. The molecule has 160 valence electrons. The van der Waals surface area contributed by atoms with E-state index in [1.54, 1.807) is 25.3 Å². The number of anilines is 1. The zero-order valence-electron chi connectivity index (χ0n) is 16.9. The van der Waals surface area contributed by atoms with Crippen molar-refractivity contribution in [3.8, 4) is 0 Å². The maximum Gasteiger partial charge on any atom is 0.353 e. The molecule has 1 amide bonds. The van der Waals surface area contributed by atoms with Crippen LogP contribution in [0.15, 0.2) is 60.8 Å². The third-order valence-electron chi connectivity index (χ3n) is 4.58. The molecule has 0 aliphatic rings. The van der Waals surface area contributed by atoms with Crippen molar-refractivity contribution in [2.75, 3.05) is 5.32 Å². The second-order valence-corrected chi connectivity index (χ2v) is 7.98. The smallest absolute Gasteiger partial charge is 0.353 e. The highest BCUT2D eigenvalue weighted by atomic mass is 32.1. The summed E-state index contributed by atoms with van der Waals surface area (Å²) in [6, 6.07) is 15.3. The van der Waals surface area contributed by atoms with Crippen LogP contribution in [0.5, 0.6) is 0 Å². The molecule has 0 saturated heterocycles. The molecule has 0 saturated carbocycles. The van der Waals surface area contributed by atoms with Crippen LogP contribution in [0.25, 0.3) is 0 Å². The molecule has 0 fully saturated rings. The number of ether oxygens (including phenoxy) is 1. The van der Waals surface area contributed by atoms with E-state index < -0.39 is 17.8 Å². The lowest BCUT2D eigenvalue weighted by atomic mass is 9.99. The number of rotatable bonds is 9. The van der Waals surface area contributed by atoms with Gasteiger partial charge in [0.15, 0.2) is 5.13 Å². The lowest BCUT2D eigenvalue weighted by Gasteiger charge is -2.14. The highest BCUT2D eigenvalue weighted by Crippen LogP contribution is 2.22. The van der Waals surface area contributed by atoms with E-state index in [4.69, 9.17) is 10.1 Å². The van der Waals surface area contributed by atoms with Gasteiger partial charge >= 0.3 is 5.97 Å². The van der Waals surface area contributed by atoms with E-state index in [0.717, 1.165) is 16.0 Å². The summed E-state index contributed by atoms with van der Waals surface area (Å²) in [6.45, 7) is 1.77. The van der Waals surface area contributed by atoms with E-state index in [1.807, 2.05) is 30.3 Å². The molecule has 3 rings (SSSR count). The second kappa shape index (κ2) is 10.6. The van der Waals surface area contributed by atoms with Gasteiger partial charge in [0.05, 0.1) is 5.92 Å². The van der Waals surface area contributed by atoms with Gasteiger partial charge in [-0.05, 0) is 29.7 Å². The Hall–Kier alpha value is -3.39. The van der Waals surface area contributed by atoms with Crippen molar-refractivity contribution in [3.63, 3.8) is 0 Å². The van der Waals surface area contributed by atoms with Gasteiger partial charge in [-0.3, -0.25) is 10.2 Å². The molecule has 8 heteroatoms. The normalized spacial score (nSPS) is 11.5. The fourth-order valence-electron chi connectivity index (χ4n) is 2.91. The van der Waals surface area contributed by atoms with Crippen LogP contribution in [0, 0.1) is 17.1 Å². The van der Waals surface area contributed by atoms with E-state index in [9.17, 15) is 14.0 Å². The van der Waals surface area contributed by atoms with Gasteiger partial charge in [0.1, 0.15) is 18.1 Å². The molecule has 3 aromatic rings. The number of benzene rings is 2. The second-order valence-electron chi connectivity index (χ2n) is 6.86. The molecule has 0 spiro atoms. The van der Waals surface area contributed by atoms with Crippen LogP contribution < -0.4 is 5.32 Å². The zero-order chi connectivity index (χ0) is 22.2. The molecule has 1 atom stereocenters. The molecule has 1 aromatic heterocycles. The third kappa shape index (κ3) is 6.29. The van der Waals surface area contributed by atoms with E-state index in [2.05, 4.69) is 10.3 Å². The van der Waals surface area contributed by atoms with Crippen LogP contribution in [0.4, 0.5) is 9.52 Å². The summed E-state index contributed by atoms with van der Waals surface area (Å²) in [4.78, 5) is 30.0. The molecular formula is C23H22FN3O3S.